The molecule has 0 radical (unpaired) electrons. The van der Waals surface area contributed by atoms with Crippen LogP contribution in [-0.2, 0) is 5.41 Å². The van der Waals surface area contributed by atoms with Crippen LogP contribution in [0, 0.1) is 6.92 Å². The summed E-state index contributed by atoms with van der Waals surface area (Å²) in [7, 11) is 0. The van der Waals surface area contributed by atoms with Crippen molar-refractivity contribution >= 4 is 113 Å². The average Bonchev–Trinajstić information content (AvgIpc) is 3.58. The van der Waals surface area contributed by atoms with Crippen molar-refractivity contribution in [2.45, 2.75) is 45.8 Å². The molecule has 2 heterocycles. The summed E-state index contributed by atoms with van der Waals surface area (Å²) >= 11 is 3.71. The van der Waals surface area contributed by atoms with Gasteiger partial charge in [-0.15, -0.1) is 0 Å². The minimum absolute atomic E-state index is 0.167. The average molecular weight is 879 g/mol. The molecule has 4 heteroatoms. The van der Waals surface area contributed by atoms with Gasteiger partial charge in [-0.25, -0.2) is 0 Å². The SMILES string of the molecule is Cc1ccc2c(C=Cc3ccc4c(c3)C(C)(C)c3cc(N5c6ccccc6Sc6ccccc65)ccc3-4)ccc3c4cccc5c(N6c7ccccc7Sc7ccccc76)ccc(c1c23)c54. The number of rotatable bonds is 4. The van der Waals surface area contributed by atoms with Crippen molar-refractivity contribution in [3.05, 3.63) is 216 Å². The van der Waals surface area contributed by atoms with E-state index in [1.54, 1.807) is 0 Å². The fourth-order valence-corrected chi connectivity index (χ4v) is 13.5. The van der Waals surface area contributed by atoms with Crippen LogP contribution in [0.5, 0.6) is 0 Å². The van der Waals surface area contributed by atoms with E-state index < -0.39 is 0 Å². The Morgan fingerprint density at radius 1 is 0.394 bits per heavy atom. The first-order valence-corrected chi connectivity index (χ1v) is 24.5. The van der Waals surface area contributed by atoms with E-state index in [1.165, 1.54) is 136 Å². The van der Waals surface area contributed by atoms with Crippen LogP contribution in [0.25, 0.3) is 66.4 Å². The van der Waals surface area contributed by atoms with E-state index in [0.717, 1.165) is 0 Å². The van der Waals surface area contributed by atoms with Gasteiger partial charge in [-0.2, -0.15) is 0 Å². The number of hydrogen-bond donors (Lipinski definition) is 0. The maximum atomic E-state index is 2.48. The molecule has 66 heavy (non-hydrogen) atoms. The van der Waals surface area contributed by atoms with Gasteiger partial charge in [0.05, 0.1) is 28.4 Å². The molecule has 11 aromatic rings. The number of nitrogens with zero attached hydrogens (tertiary/aromatic N) is 2. The molecule has 0 saturated heterocycles. The zero-order valence-corrected chi connectivity index (χ0v) is 38.4. The van der Waals surface area contributed by atoms with Gasteiger partial charge in [0.25, 0.3) is 0 Å². The summed E-state index contributed by atoms with van der Waals surface area (Å²) in [6, 6.07) is 70.4. The molecule has 1 aliphatic carbocycles. The molecule has 2 nitrogen and oxygen atoms in total. The third kappa shape index (κ3) is 5.40. The molecule has 11 aromatic carbocycles. The smallest absolute Gasteiger partial charge is 0.0601 e. The molecule has 0 spiro atoms. The van der Waals surface area contributed by atoms with Crippen molar-refractivity contribution in [2.24, 2.45) is 0 Å². The summed E-state index contributed by atoms with van der Waals surface area (Å²) in [6.07, 6.45) is 4.65. The lowest BCUT2D eigenvalue weighted by Crippen LogP contribution is -2.18. The van der Waals surface area contributed by atoms with Crippen molar-refractivity contribution in [3.63, 3.8) is 0 Å². The van der Waals surface area contributed by atoms with Crippen molar-refractivity contribution in [1.82, 2.24) is 0 Å². The molecular weight excluding hydrogens is 837 g/mol. The van der Waals surface area contributed by atoms with E-state index in [4.69, 9.17) is 0 Å². The largest absolute Gasteiger partial charge is 0.308 e. The highest BCUT2D eigenvalue weighted by Gasteiger charge is 2.37. The highest BCUT2D eigenvalue weighted by molar-refractivity contribution is 8.00. The van der Waals surface area contributed by atoms with E-state index in [1.807, 2.05) is 23.5 Å². The van der Waals surface area contributed by atoms with Gasteiger partial charge in [-0.05, 0) is 150 Å². The molecule has 2 aliphatic heterocycles. The van der Waals surface area contributed by atoms with Crippen LogP contribution < -0.4 is 9.80 Å². The minimum Gasteiger partial charge on any atom is -0.308 e. The van der Waals surface area contributed by atoms with E-state index in [-0.39, 0.29) is 5.41 Å². The second-order valence-corrected chi connectivity index (χ2v) is 20.6. The monoisotopic (exact) mass is 878 g/mol. The molecule has 0 saturated carbocycles. The van der Waals surface area contributed by atoms with Gasteiger partial charge in [-0.1, -0.05) is 171 Å². The fraction of sp³-hybridized carbons (Fsp3) is 0.0645. The second kappa shape index (κ2) is 14.1. The molecule has 0 atom stereocenters. The molecule has 3 aliphatic rings. The summed E-state index contributed by atoms with van der Waals surface area (Å²) in [5.74, 6) is 0. The lowest BCUT2D eigenvalue weighted by molar-refractivity contribution is 0.660. The van der Waals surface area contributed by atoms with Crippen molar-refractivity contribution in [1.29, 1.82) is 0 Å². The zero-order chi connectivity index (χ0) is 43.8. The number of aryl methyl sites for hydroxylation is 1. The van der Waals surface area contributed by atoms with Gasteiger partial charge in [0.2, 0.25) is 0 Å². The normalized spacial score (nSPS) is 14.5. The Morgan fingerprint density at radius 2 is 0.939 bits per heavy atom. The maximum absolute atomic E-state index is 2.48. The number of anilines is 6. The van der Waals surface area contributed by atoms with Crippen molar-refractivity contribution < 1.29 is 0 Å². The number of hydrogen-bond acceptors (Lipinski definition) is 4. The summed E-state index contributed by atoms with van der Waals surface area (Å²) in [5.41, 5.74) is 16.3. The first kappa shape index (κ1) is 38.1. The Labute approximate surface area is 393 Å². The third-order valence-corrected chi connectivity index (χ3v) is 16.8. The Bertz CT molecular complexity index is 3810. The highest BCUT2D eigenvalue weighted by Crippen LogP contribution is 2.56. The molecule has 0 fully saturated rings. The zero-order valence-electron chi connectivity index (χ0n) is 36.8. The summed E-state index contributed by atoms with van der Waals surface area (Å²) in [5, 5.41) is 10.5. The first-order chi connectivity index (χ1) is 32.4. The number of benzene rings is 11. The van der Waals surface area contributed by atoms with Gasteiger partial charge in [-0.3, -0.25) is 0 Å². The Balaban J connectivity index is 0.853. The standard InChI is InChI=1S/C62H42N2S2/c1-37-23-29-41-39(26-24-38-25-30-42-43-32-28-40(36-49(43)62(2,3)48(42)35-38)63-51-15-4-8-19-55(51)65-56-20-9-5-16-52(56)63)27-31-45-44-13-12-14-46-50(34-33-47(60(44)46)59(37)61(41)45)64-53-17-6-10-21-57(53)66-58-22-11-7-18-54(58)64/h4-36H,1-3H3. The highest BCUT2D eigenvalue weighted by atomic mass is 32.2. The molecule has 0 amide bonds. The summed E-state index contributed by atoms with van der Waals surface area (Å²) in [4.78, 5) is 10.0. The number of fused-ring (bicyclic) bond motifs is 9. The van der Waals surface area contributed by atoms with Crippen LogP contribution in [0.3, 0.4) is 0 Å². The molecule has 0 unspecified atom stereocenters. The summed E-state index contributed by atoms with van der Waals surface area (Å²) < 4.78 is 0. The predicted molar refractivity (Wildman–Crippen MR) is 283 cm³/mol. The Kier molecular flexibility index (Phi) is 8.15. The lowest BCUT2D eigenvalue weighted by atomic mass is 9.81. The Morgan fingerprint density at radius 3 is 1.61 bits per heavy atom. The van der Waals surface area contributed by atoms with Gasteiger partial charge < -0.3 is 9.80 Å². The van der Waals surface area contributed by atoms with Gasteiger partial charge >= 0.3 is 0 Å². The molecule has 0 bridgehead atoms. The van der Waals surface area contributed by atoms with Crippen LogP contribution in [0.15, 0.2) is 208 Å². The van der Waals surface area contributed by atoms with Crippen LogP contribution >= 0.6 is 23.5 Å². The predicted octanol–water partition coefficient (Wildman–Crippen LogP) is 18.4. The minimum atomic E-state index is -0.167. The molecule has 0 N–H and O–H groups in total. The van der Waals surface area contributed by atoms with E-state index >= 15 is 0 Å². The molecule has 14 rings (SSSR count). The van der Waals surface area contributed by atoms with Crippen LogP contribution in [0.2, 0.25) is 0 Å². The van der Waals surface area contributed by atoms with Gasteiger partial charge in [0.1, 0.15) is 0 Å². The van der Waals surface area contributed by atoms with Gasteiger partial charge in [0, 0.05) is 36.1 Å². The third-order valence-electron chi connectivity index (χ3n) is 14.5. The van der Waals surface area contributed by atoms with Crippen molar-refractivity contribution in [2.75, 3.05) is 9.80 Å². The van der Waals surface area contributed by atoms with Crippen LogP contribution in [-0.4, -0.2) is 0 Å². The quantitative estimate of drug-likeness (QED) is 0.0987. The molecular formula is C62H42N2S2. The fourth-order valence-electron chi connectivity index (χ4n) is 11.4. The lowest BCUT2D eigenvalue weighted by Gasteiger charge is -2.34. The van der Waals surface area contributed by atoms with Crippen LogP contribution in [0.4, 0.5) is 34.1 Å². The molecule has 0 aromatic heterocycles. The van der Waals surface area contributed by atoms with E-state index in [9.17, 15) is 0 Å². The maximum Gasteiger partial charge on any atom is 0.0601 e. The molecule has 312 valence electrons. The number of para-hydroxylation sites is 4. The Hall–Kier alpha value is -7.24. The first-order valence-electron chi connectivity index (χ1n) is 22.8. The van der Waals surface area contributed by atoms with Gasteiger partial charge in [0.15, 0.2) is 0 Å². The van der Waals surface area contributed by atoms with E-state index in [0.29, 0.717) is 0 Å². The van der Waals surface area contributed by atoms with Crippen molar-refractivity contribution in [3.8, 4) is 11.1 Å². The van der Waals surface area contributed by atoms with Crippen LogP contribution in [0.1, 0.15) is 41.7 Å². The second-order valence-electron chi connectivity index (χ2n) is 18.5. The summed E-state index contributed by atoms with van der Waals surface area (Å²) in [6.45, 7) is 7.06. The topological polar surface area (TPSA) is 6.48 Å². The van der Waals surface area contributed by atoms with E-state index in [2.05, 4.69) is 231 Å².